The minimum Gasteiger partial charge on any atom is -0.371 e. The van der Waals surface area contributed by atoms with Crippen LogP contribution >= 0.6 is 0 Å². The molecule has 3 aliphatic heterocycles. The maximum Gasteiger partial charge on any atom is 0.164 e. The predicted molar refractivity (Wildman–Crippen MR) is 124 cm³/mol. The molecular weight excluding hydrogens is 384 g/mol. The van der Waals surface area contributed by atoms with Gasteiger partial charge in [-0.2, -0.15) is 10.2 Å². The van der Waals surface area contributed by atoms with Gasteiger partial charge in [0.05, 0.1) is 11.6 Å². The van der Waals surface area contributed by atoms with E-state index in [9.17, 15) is 4.79 Å². The number of benzene rings is 1. The van der Waals surface area contributed by atoms with E-state index in [-0.39, 0.29) is 17.4 Å². The standard InChI is InChI=1S/C26H34N4O/c1-6-26(18-8-7-9-19(10-18)30-14-16(2)17(3)15-30)20-13-27-29-24(20)28-21-11-25(4,5)12-22(31)23(21)26/h7-10,13,16-17,24,28H,6,11-12,14-15H2,1-5H3/t16-,17-,24?,26-/m1/s1. The minimum atomic E-state index is -0.463. The molecule has 1 fully saturated rings. The summed E-state index contributed by atoms with van der Waals surface area (Å²) in [4.78, 5) is 16.1. The fourth-order valence-corrected chi connectivity index (χ4v) is 6.20. The molecule has 5 heteroatoms. The van der Waals surface area contributed by atoms with Gasteiger partial charge in [-0.1, -0.05) is 46.8 Å². The number of carbonyl (C=O) groups is 1. The Morgan fingerprint density at radius 1 is 1.16 bits per heavy atom. The van der Waals surface area contributed by atoms with Crippen LogP contribution in [0, 0.1) is 17.3 Å². The molecule has 1 aromatic carbocycles. The molecule has 0 saturated carbocycles. The van der Waals surface area contributed by atoms with Gasteiger partial charge in [0.1, 0.15) is 0 Å². The lowest BCUT2D eigenvalue weighted by atomic mass is 9.59. The van der Waals surface area contributed by atoms with E-state index in [4.69, 9.17) is 0 Å². The van der Waals surface area contributed by atoms with Gasteiger partial charge in [0.25, 0.3) is 0 Å². The van der Waals surface area contributed by atoms with Crippen molar-refractivity contribution in [2.75, 3.05) is 18.0 Å². The number of azo groups is 1. The van der Waals surface area contributed by atoms with Gasteiger partial charge in [-0.25, -0.2) is 0 Å². The van der Waals surface area contributed by atoms with E-state index in [0.717, 1.165) is 42.8 Å². The lowest BCUT2D eigenvalue weighted by molar-refractivity contribution is -0.119. The van der Waals surface area contributed by atoms with Crippen LogP contribution in [0.3, 0.4) is 0 Å². The number of hydrogen-bond donors (Lipinski definition) is 1. The van der Waals surface area contributed by atoms with Gasteiger partial charge in [-0.15, -0.1) is 0 Å². The molecule has 0 bridgehead atoms. The van der Waals surface area contributed by atoms with E-state index in [1.807, 2.05) is 6.20 Å². The van der Waals surface area contributed by atoms with Gasteiger partial charge in [0.15, 0.2) is 11.9 Å². The minimum absolute atomic E-state index is 0.0387. The summed E-state index contributed by atoms with van der Waals surface area (Å²) in [5.74, 6) is 1.65. The number of ketones is 1. The molecule has 3 heterocycles. The quantitative estimate of drug-likeness (QED) is 0.720. The van der Waals surface area contributed by atoms with Gasteiger partial charge in [0, 0.05) is 42.0 Å². The van der Waals surface area contributed by atoms with Crippen LogP contribution in [0.1, 0.15) is 59.4 Å². The van der Waals surface area contributed by atoms with Crippen molar-refractivity contribution in [3.8, 4) is 0 Å². The van der Waals surface area contributed by atoms with Crippen LogP contribution in [-0.4, -0.2) is 25.0 Å². The second-order valence-corrected chi connectivity index (χ2v) is 10.8. The van der Waals surface area contributed by atoms with Crippen LogP contribution in [0.25, 0.3) is 0 Å². The Bertz CT molecular complexity index is 1010. The largest absolute Gasteiger partial charge is 0.371 e. The lowest BCUT2D eigenvalue weighted by Gasteiger charge is -2.48. The number of rotatable bonds is 3. The molecule has 4 aliphatic rings. The number of Topliss-reactive ketones (excluding diaryl/α,β-unsaturated/α-hetero) is 1. The molecule has 0 amide bonds. The summed E-state index contributed by atoms with van der Waals surface area (Å²) in [7, 11) is 0. The molecule has 0 radical (unpaired) electrons. The molecule has 31 heavy (non-hydrogen) atoms. The van der Waals surface area contributed by atoms with Crippen LogP contribution in [0.5, 0.6) is 0 Å². The Hall–Kier alpha value is -2.43. The van der Waals surface area contributed by atoms with Crippen LogP contribution < -0.4 is 10.2 Å². The second-order valence-electron chi connectivity index (χ2n) is 10.8. The fraction of sp³-hybridized carbons (Fsp3) is 0.577. The Labute approximate surface area is 185 Å². The Balaban J connectivity index is 1.66. The average molecular weight is 419 g/mol. The molecule has 5 rings (SSSR count). The third kappa shape index (κ3) is 3.07. The van der Waals surface area contributed by atoms with Crippen molar-refractivity contribution in [3.05, 3.63) is 52.9 Å². The van der Waals surface area contributed by atoms with E-state index in [1.54, 1.807) is 0 Å². The summed E-state index contributed by atoms with van der Waals surface area (Å²) in [6.45, 7) is 13.4. The van der Waals surface area contributed by atoms with Gasteiger partial charge >= 0.3 is 0 Å². The number of nitrogens with one attached hydrogen (secondary N) is 1. The molecule has 1 aliphatic carbocycles. The molecule has 1 aromatic rings. The lowest BCUT2D eigenvalue weighted by Crippen LogP contribution is -2.51. The Morgan fingerprint density at radius 2 is 1.90 bits per heavy atom. The highest BCUT2D eigenvalue weighted by atomic mass is 16.1. The molecule has 0 spiro atoms. The first-order valence-corrected chi connectivity index (χ1v) is 11.7. The molecule has 0 aromatic heterocycles. The summed E-state index contributed by atoms with van der Waals surface area (Å²) >= 11 is 0. The number of carbonyl (C=O) groups excluding carboxylic acids is 1. The first-order valence-electron chi connectivity index (χ1n) is 11.7. The van der Waals surface area contributed by atoms with E-state index in [0.29, 0.717) is 18.3 Å². The number of anilines is 1. The molecule has 164 valence electrons. The number of allylic oxidation sites excluding steroid dienone is 2. The van der Waals surface area contributed by atoms with Crippen molar-refractivity contribution in [1.82, 2.24) is 5.32 Å². The van der Waals surface area contributed by atoms with Crippen molar-refractivity contribution in [2.45, 2.75) is 65.5 Å². The maximum atomic E-state index is 13.6. The van der Waals surface area contributed by atoms with Gasteiger partial charge < -0.3 is 10.2 Å². The highest BCUT2D eigenvalue weighted by Gasteiger charge is 2.53. The third-order valence-corrected chi connectivity index (χ3v) is 8.00. The molecule has 5 nitrogen and oxygen atoms in total. The van der Waals surface area contributed by atoms with Crippen molar-refractivity contribution in [1.29, 1.82) is 0 Å². The zero-order valence-electron chi connectivity index (χ0n) is 19.4. The molecular formula is C26H34N4O. The van der Waals surface area contributed by atoms with E-state index < -0.39 is 5.41 Å². The summed E-state index contributed by atoms with van der Waals surface area (Å²) in [5, 5.41) is 12.3. The summed E-state index contributed by atoms with van der Waals surface area (Å²) in [6.07, 6.45) is 4.00. The number of hydrogen-bond acceptors (Lipinski definition) is 5. The zero-order valence-corrected chi connectivity index (χ0v) is 19.4. The van der Waals surface area contributed by atoms with Crippen molar-refractivity contribution < 1.29 is 4.79 Å². The summed E-state index contributed by atoms with van der Waals surface area (Å²) in [5.41, 5.74) is 5.09. The Morgan fingerprint density at radius 3 is 2.61 bits per heavy atom. The third-order valence-electron chi connectivity index (χ3n) is 8.00. The molecule has 4 atom stereocenters. The van der Waals surface area contributed by atoms with Crippen LogP contribution in [0.2, 0.25) is 0 Å². The van der Waals surface area contributed by atoms with Crippen LogP contribution in [0.4, 0.5) is 5.69 Å². The SMILES string of the molecule is CC[C@@]1(c2cccc(N3C[C@@H](C)[C@H](C)C3)c2)C2=CN=NC2NC2=C1C(=O)CC(C)(C)C2. The van der Waals surface area contributed by atoms with E-state index >= 15 is 0 Å². The van der Waals surface area contributed by atoms with Crippen LogP contribution in [-0.2, 0) is 10.2 Å². The highest BCUT2D eigenvalue weighted by molar-refractivity contribution is 6.01. The summed E-state index contributed by atoms with van der Waals surface area (Å²) < 4.78 is 0. The monoisotopic (exact) mass is 418 g/mol. The fourth-order valence-electron chi connectivity index (χ4n) is 6.20. The maximum absolute atomic E-state index is 13.6. The number of fused-ring (bicyclic) bond motifs is 1. The molecule has 1 unspecified atom stereocenters. The molecule has 1 saturated heterocycles. The second kappa shape index (κ2) is 7.04. The normalized spacial score (nSPS) is 33.8. The smallest absolute Gasteiger partial charge is 0.164 e. The van der Waals surface area contributed by atoms with Crippen molar-refractivity contribution in [3.63, 3.8) is 0 Å². The van der Waals surface area contributed by atoms with E-state index in [1.165, 1.54) is 11.3 Å². The van der Waals surface area contributed by atoms with Crippen LogP contribution in [0.15, 0.2) is 57.5 Å². The van der Waals surface area contributed by atoms with Gasteiger partial charge in [-0.3, -0.25) is 4.79 Å². The topological polar surface area (TPSA) is 57.1 Å². The average Bonchev–Trinajstić information content (AvgIpc) is 3.32. The Kier molecular flexibility index (Phi) is 4.65. The van der Waals surface area contributed by atoms with E-state index in [2.05, 4.69) is 79.3 Å². The first kappa shape index (κ1) is 20.5. The van der Waals surface area contributed by atoms with Gasteiger partial charge in [-0.05, 0) is 47.8 Å². The predicted octanol–water partition coefficient (Wildman–Crippen LogP) is 5.35. The molecule has 1 N–H and O–H groups in total. The van der Waals surface area contributed by atoms with Crippen molar-refractivity contribution in [2.24, 2.45) is 27.5 Å². The summed E-state index contributed by atoms with van der Waals surface area (Å²) in [6, 6.07) is 8.91. The highest BCUT2D eigenvalue weighted by Crippen LogP contribution is 2.54. The first-order chi connectivity index (χ1) is 14.7. The number of nitrogens with zero attached hydrogens (tertiary/aromatic N) is 3. The van der Waals surface area contributed by atoms with Gasteiger partial charge in [0.2, 0.25) is 0 Å². The zero-order chi connectivity index (χ0) is 22.0. The van der Waals surface area contributed by atoms with Crippen molar-refractivity contribution >= 4 is 11.5 Å².